The van der Waals surface area contributed by atoms with Crippen LogP contribution >= 0.6 is 0 Å². The molecule has 0 spiro atoms. The summed E-state index contributed by atoms with van der Waals surface area (Å²) in [5, 5.41) is 13.1. The van der Waals surface area contributed by atoms with E-state index in [0.717, 1.165) is 12.8 Å². The summed E-state index contributed by atoms with van der Waals surface area (Å²) >= 11 is 0. The van der Waals surface area contributed by atoms with Crippen molar-refractivity contribution in [3.8, 4) is 0 Å². The smallest absolute Gasteiger partial charge is 0.332 e. The summed E-state index contributed by atoms with van der Waals surface area (Å²) < 4.78 is 4.70. The lowest BCUT2D eigenvalue weighted by molar-refractivity contribution is -0.150. The molecular formula is C9H14N2O5. The van der Waals surface area contributed by atoms with E-state index in [1.165, 1.54) is 6.92 Å². The lowest BCUT2D eigenvalue weighted by Crippen LogP contribution is -2.42. The number of amides is 3. The molecule has 1 saturated carbocycles. The Balaban J connectivity index is 2.14. The fourth-order valence-corrected chi connectivity index (χ4v) is 0.884. The SMILES string of the molecule is C[C@@H](OCC(=O)NC(=O)NC1CC1)C(=O)O. The molecule has 90 valence electrons. The normalized spacial score (nSPS) is 16.3. The Morgan fingerprint density at radius 2 is 2.06 bits per heavy atom. The molecule has 1 rings (SSSR count). The van der Waals surface area contributed by atoms with Gasteiger partial charge in [0.05, 0.1) is 0 Å². The van der Waals surface area contributed by atoms with Crippen molar-refractivity contribution in [3.63, 3.8) is 0 Å². The van der Waals surface area contributed by atoms with E-state index in [2.05, 4.69) is 5.32 Å². The number of ether oxygens (including phenoxy) is 1. The number of hydrogen-bond donors (Lipinski definition) is 3. The predicted molar refractivity (Wildman–Crippen MR) is 52.7 cm³/mol. The lowest BCUT2D eigenvalue weighted by Gasteiger charge is -2.08. The fraction of sp³-hybridized carbons (Fsp3) is 0.667. The van der Waals surface area contributed by atoms with Gasteiger partial charge in [0.15, 0.2) is 6.10 Å². The van der Waals surface area contributed by atoms with Crippen LogP contribution in [0.2, 0.25) is 0 Å². The number of nitrogens with one attached hydrogen (secondary N) is 2. The molecule has 3 amide bonds. The van der Waals surface area contributed by atoms with Crippen molar-refractivity contribution in [2.45, 2.75) is 31.9 Å². The van der Waals surface area contributed by atoms with Crippen molar-refractivity contribution >= 4 is 17.9 Å². The number of aliphatic carboxylic acids is 1. The highest BCUT2D eigenvalue weighted by molar-refractivity contribution is 5.95. The Morgan fingerprint density at radius 3 is 2.56 bits per heavy atom. The zero-order valence-corrected chi connectivity index (χ0v) is 8.86. The minimum atomic E-state index is -1.16. The maximum absolute atomic E-state index is 11.1. The van der Waals surface area contributed by atoms with E-state index in [1.54, 1.807) is 0 Å². The number of rotatable bonds is 5. The molecule has 1 aliphatic rings. The zero-order valence-electron chi connectivity index (χ0n) is 8.86. The van der Waals surface area contributed by atoms with Crippen LogP contribution in [-0.4, -0.2) is 41.8 Å². The summed E-state index contributed by atoms with van der Waals surface area (Å²) in [7, 11) is 0. The van der Waals surface area contributed by atoms with Crippen molar-refractivity contribution in [3.05, 3.63) is 0 Å². The third-order valence-electron chi connectivity index (χ3n) is 1.98. The predicted octanol–water partition coefficient (Wildman–Crippen LogP) is -0.536. The van der Waals surface area contributed by atoms with Gasteiger partial charge < -0.3 is 15.2 Å². The second kappa shape index (κ2) is 5.45. The summed E-state index contributed by atoms with van der Waals surface area (Å²) in [5.41, 5.74) is 0. The molecule has 7 nitrogen and oxygen atoms in total. The third kappa shape index (κ3) is 4.74. The van der Waals surface area contributed by atoms with Crippen LogP contribution in [0.1, 0.15) is 19.8 Å². The van der Waals surface area contributed by atoms with Crippen molar-refractivity contribution in [2.24, 2.45) is 0 Å². The quantitative estimate of drug-likeness (QED) is 0.588. The fourth-order valence-electron chi connectivity index (χ4n) is 0.884. The number of imide groups is 1. The molecule has 0 aromatic carbocycles. The topological polar surface area (TPSA) is 105 Å². The molecule has 0 radical (unpaired) electrons. The average molecular weight is 230 g/mol. The van der Waals surface area contributed by atoms with Gasteiger partial charge in [0.2, 0.25) is 0 Å². The summed E-state index contributed by atoms with van der Waals surface area (Å²) in [6.45, 7) is 0.853. The van der Waals surface area contributed by atoms with Crippen molar-refractivity contribution in [1.82, 2.24) is 10.6 Å². The van der Waals surface area contributed by atoms with Gasteiger partial charge in [0.1, 0.15) is 6.61 Å². The van der Waals surface area contributed by atoms with Crippen LogP contribution in [0.25, 0.3) is 0 Å². The molecular weight excluding hydrogens is 216 g/mol. The van der Waals surface area contributed by atoms with E-state index in [4.69, 9.17) is 9.84 Å². The number of carbonyl (C=O) groups is 3. The van der Waals surface area contributed by atoms with Crippen molar-refractivity contribution < 1.29 is 24.2 Å². The van der Waals surface area contributed by atoms with Crippen LogP contribution in [0, 0.1) is 0 Å². The molecule has 1 fully saturated rings. The second-order valence-corrected chi connectivity index (χ2v) is 3.59. The summed E-state index contributed by atoms with van der Waals surface area (Å²) in [4.78, 5) is 32.5. The zero-order chi connectivity index (χ0) is 12.1. The largest absolute Gasteiger partial charge is 0.479 e. The first kappa shape index (κ1) is 12.4. The monoisotopic (exact) mass is 230 g/mol. The molecule has 0 saturated heterocycles. The Bertz CT molecular complexity index is 300. The van der Waals surface area contributed by atoms with E-state index in [1.807, 2.05) is 5.32 Å². The maximum Gasteiger partial charge on any atom is 0.332 e. The van der Waals surface area contributed by atoms with Crippen LogP contribution in [0.15, 0.2) is 0 Å². The second-order valence-electron chi connectivity index (χ2n) is 3.59. The Morgan fingerprint density at radius 1 is 1.44 bits per heavy atom. The van der Waals surface area contributed by atoms with Crippen LogP contribution in [0.4, 0.5) is 4.79 Å². The van der Waals surface area contributed by atoms with Gasteiger partial charge in [0.25, 0.3) is 5.91 Å². The van der Waals surface area contributed by atoms with Crippen LogP contribution < -0.4 is 10.6 Å². The third-order valence-corrected chi connectivity index (χ3v) is 1.98. The van der Waals surface area contributed by atoms with E-state index in [9.17, 15) is 14.4 Å². The van der Waals surface area contributed by atoms with E-state index >= 15 is 0 Å². The van der Waals surface area contributed by atoms with E-state index in [0.29, 0.717) is 0 Å². The Kier molecular flexibility index (Phi) is 4.24. The van der Waals surface area contributed by atoms with Gasteiger partial charge in [-0.15, -0.1) is 0 Å². The number of carboxylic acids is 1. The van der Waals surface area contributed by atoms with Gasteiger partial charge >= 0.3 is 12.0 Å². The molecule has 1 atom stereocenters. The van der Waals surface area contributed by atoms with Gasteiger partial charge in [-0.2, -0.15) is 0 Å². The first-order chi connectivity index (χ1) is 7.49. The number of carbonyl (C=O) groups excluding carboxylic acids is 2. The molecule has 0 aromatic heterocycles. The first-order valence-electron chi connectivity index (χ1n) is 4.94. The summed E-state index contributed by atoms with van der Waals surface area (Å²) in [6.07, 6.45) is 0.778. The summed E-state index contributed by atoms with van der Waals surface area (Å²) in [6, 6.07) is -0.411. The molecule has 3 N–H and O–H groups in total. The molecule has 0 aliphatic heterocycles. The molecule has 16 heavy (non-hydrogen) atoms. The van der Waals surface area contributed by atoms with Gasteiger partial charge in [-0.3, -0.25) is 10.1 Å². The first-order valence-corrected chi connectivity index (χ1v) is 4.94. The van der Waals surface area contributed by atoms with Crippen LogP contribution in [0.5, 0.6) is 0 Å². The minimum Gasteiger partial charge on any atom is -0.479 e. The number of carboxylic acid groups (broad SMARTS) is 1. The van der Waals surface area contributed by atoms with Gasteiger partial charge in [-0.05, 0) is 19.8 Å². The van der Waals surface area contributed by atoms with Crippen LogP contribution in [-0.2, 0) is 14.3 Å². The van der Waals surface area contributed by atoms with Crippen molar-refractivity contribution in [1.29, 1.82) is 0 Å². The molecule has 7 heteroatoms. The molecule has 1 aliphatic carbocycles. The van der Waals surface area contributed by atoms with Gasteiger partial charge in [-0.1, -0.05) is 0 Å². The molecule has 0 bridgehead atoms. The average Bonchev–Trinajstić information content (AvgIpc) is 2.97. The highest BCUT2D eigenvalue weighted by atomic mass is 16.5. The van der Waals surface area contributed by atoms with Gasteiger partial charge in [0, 0.05) is 6.04 Å². The molecule has 0 unspecified atom stereocenters. The number of urea groups is 1. The number of hydrogen-bond acceptors (Lipinski definition) is 4. The highest BCUT2D eigenvalue weighted by Gasteiger charge is 2.24. The van der Waals surface area contributed by atoms with Crippen LogP contribution in [0.3, 0.4) is 0 Å². The lowest BCUT2D eigenvalue weighted by atomic mass is 10.4. The molecule has 0 heterocycles. The molecule has 0 aromatic rings. The van der Waals surface area contributed by atoms with E-state index < -0.39 is 30.6 Å². The minimum absolute atomic E-state index is 0.159. The Hall–Kier alpha value is -1.63. The standard InChI is InChI=1S/C9H14N2O5/c1-5(8(13)14)16-4-7(12)11-9(15)10-6-2-3-6/h5-6H,2-4H2,1H3,(H,13,14)(H2,10,11,12,15)/t5-/m1/s1. The summed E-state index contributed by atoms with van der Waals surface area (Å²) in [5.74, 6) is -1.82. The maximum atomic E-state index is 11.1. The van der Waals surface area contributed by atoms with E-state index in [-0.39, 0.29) is 6.04 Å². The van der Waals surface area contributed by atoms with Crippen molar-refractivity contribution in [2.75, 3.05) is 6.61 Å². The Labute approximate surface area is 92.1 Å². The highest BCUT2D eigenvalue weighted by Crippen LogP contribution is 2.18. The van der Waals surface area contributed by atoms with Gasteiger partial charge in [-0.25, -0.2) is 9.59 Å².